The molecule has 1 saturated carbocycles. The monoisotopic (exact) mass is 420 g/mol. The summed E-state index contributed by atoms with van der Waals surface area (Å²) in [4.78, 5) is 2.64. The summed E-state index contributed by atoms with van der Waals surface area (Å²) in [6.45, 7) is 0.743. The maximum Gasteiger partial charge on any atom is 0.199 e. The van der Waals surface area contributed by atoms with Gasteiger partial charge in [-0.25, -0.2) is 4.68 Å². The molecule has 0 aliphatic heterocycles. The van der Waals surface area contributed by atoms with E-state index in [0.717, 1.165) is 28.6 Å². The van der Waals surface area contributed by atoms with Crippen molar-refractivity contribution >= 4 is 12.2 Å². The fourth-order valence-corrected chi connectivity index (χ4v) is 4.86. The van der Waals surface area contributed by atoms with Crippen LogP contribution in [0.15, 0.2) is 48.5 Å². The number of hydrogen-bond acceptors (Lipinski definition) is 4. The van der Waals surface area contributed by atoms with Crippen LogP contribution >= 0.6 is 12.2 Å². The van der Waals surface area contributed by atoms with Gasteiger partial charge in [-0.1, -0.05) is 24.3 Å². The van der Waals surface area contributed by atoms with Crippen LogP contribution in [-0.4, -0.2) is 32.4 Å². The average Bonchev–Trinajstić information content (AvgIpc) is 3.59. The number of benzene rings is 2. The van der Waals surface area contributed by atoms with Crippen molar-refractivity contribution in [2.24, 2.45) is 7.05 Å². The lowest BCUT2D eigenvalue weighted by Gasteiger charge is -2.36. The Morgan fingerprint density at radius 1 is 1.10 bits per heavy atom. The molecule has 1 aromatic heterocycles. The van der Waals surface area contributed by atoms with Gasteiger partial charge in [-0.05, 0) is 79.7 Å². The largest absolute Gasteiger partial charge is 0.497 e. The molecule has 5 nitrogen and oxygen atoms in total. The van der Waals surface area contributed by atoms with Crippen LogP contribution in [0.3, 0.4) is 0 Å². The molecule has 0 saturated heterocycles. The molecule has 0 N–H and O–H groups in total. The first-order valence-electron chi connectivity index (χ1n) is 10.8. The Balaban J connectivity index is 1.46. The minimum Gasteiger partial charge on any atom is -0.497 e. The van der Waals surface area contributed by atoms with E-state index in [9.17, 15) is 0 Å². The highest BCUT2D eigenvalue weighted by molar-refractivity contribution is 7.71. The molecule has 1 fully saturated rings. The van der Waals surface area contributed by atoms with Crippen molar-refractivity contribution in [2.75, 3.05) is 7.11 Å². The predicted molar refractivity (Wildman–Crippen MR) is 121 cm³/mol. The second kappa shape index (κ2) is 8.00. The van der Waals surface area contributed by atoms with Crippen LogP contribution in [0, 0.1) is 4.77 Å². The van der Waals surface area contributed by atoms with Gasteiger partial charge in [0.2, 0.25) is 0 Å². The summed E-state index contributed by atoms with van der Waals surface area (Å²) >= 11 is 5.78. The molecule has 0 bridgehead atoms. The van der Waals surface area contributed by atoms with E-state index in [-0.39, 0.29) is 0 Å². The predicted octanol–water partition coefficient (Wildman–Crippen LogP) is 5.13. The second-order valence-electron chi connectivity index (χ2n) is 8.39. The minimum absolute atomic E-state index is 0.454. The summed E-state index contributed by atoms with van der Waals surface area (Å²) < 4.78 is 10.1. The van der Waals surface area contributed by atoms with Crippen molar-refractivity contribution < 1.29 is 4.74 Å². The van der Waals surface area contributed by atoms with Crippen LogP contribution in [0.4, 0.5) is 0 Å². The summed E-state index contributed by atoms with van der Waals surface area (Å²) in [6.07, 6.45) is 6.18. The zero-order chi connectivity index (χ0) is 20.7. The van der Waals surface area contributed by atoms with E-state index in [4.69, 9.17) is 22.1 Å². The van der Waals surface area contributed by atoms with Gasteiger partial charge < -0.3 is 9.30 Å². The van der Waals surface area contributed by atoms with E-state index in [0.29, 0.717) is 12.1 Å². The van der Waals surface area contributed by atoms with Gasteiger partial charge in [0, 0.05) is 24.7 Å². The third-order valence-electron chi connectivity index (χ3n) is 6.44. The molecule has 2 aromatic carbocycles. The van der Waals surface area contributed by atoms with E-state index in [1.165, 1.54) is 43.2 Å². The minimum atomic E-state index is 0.454. The van der Waals surface area contributed by atoms with E-state index < -0.39 is 0 Å². The van der Waals surface area contributed by atoms with Crippen molar-refractivity contribution in [3.63, 3.8) is 0 Å². The first kappa shape index (κ1) is 19.5. The highest BCUT2D eigenvalue weighted by Gasteiger charge is 2.37. The second-order valence-corrected chi connectivity index (χ2v) is 8.75. The molecule has 6 heteroatoms. The Morgan fingerprint density at radius 2 is 1.87 bits per heavy atom. The number of methoxy groups -OCH3 is 1. The van der Waals surface area contributed by atoms with Crippen molar-refractivity contribution in [2.45, 2.75) is 50.9 Å². The number of hydrogen-bond donors (Lipinski definition) is 0. The number of aromatic nitrogens is 3. The third kappa shape index (κ3) is 3.59. The van der Waals surface area contributed by atoms with Crippen LogP contribution < -0.4 is 4.74 Å². The molecule has 2 aliphatic carbocycles. The van der Waals surface area contributed by atoms with Crippen LogP contribution in [0.25, 0.3) is 11.4 Å². The topological polar surface area (TPSA) is 35.2 Å². The number of nitrogens with zero attached hydrogens (tertiary/aromatic N) is 4. The van der Waals surface area contributed by atoms with Gasteiger partial charge in [-0.2, -0.15) is 5.10 Å². The van der Waals surface area contributed by atoms with E-state index >= 15 is 0 Å². The van der Waals surface area contributed by atoms with Crippen LogP contribution in [0.5, 0.6) is 5.75 Å². The Bertz CT molecular complexity index is 1100. The van der Waals surface area contributed by atoms with Crippen LogP contribution in [0.2, 0.25) is 0 Å². The van der Waals surface area contributed by atoms with E-state index in [1.807, 2.05) is 40.6 Å². The van der Waals surface area contributed by atoms with Gasteiger partial charge in [0.25, 0.3) is 0 Å². The van der Waals surface area contributed by atoms with Crippen molar-refractivity contribution in [1.82, 2.24) is 19.2 Å². The van der Waals surface area contributed by atoms with Gasteiger partial charge in [0.1, 0.15) is 5.75 Å². The maximum atomic E-state index is 5.78. The lowest BCUT2D eigenvalue weighted by molar-refractivity contribution is 0.118. The van der Waals surface area contributed by atoms with Gasteiger partial charge in [-0.3, -0.25) is 4.90 Å². The van der Waals surface area contributed by atoms with Crippen LogP contribution in [-0.2, 0) is 20.1 Å². The third-order valence-corrected chi connectivity index (χ3v) is 6.92. The lowest BCUT2D eigenvalue weighted by Crippen LogP contribution is -2.35. The Morgan fingerprint density at radius 3 is 2.60 bits per heavy atom. The van der Waals surface area contributed by atoms with Crippen molar-refractivity contribution in [3.05, 3.63) is 64.4 Å². The number of ether oxygens (including phenoxy) is 1. The fraction of sp³-hybridized carbons (Fsp3) is 0.417. The molecular formula is C24H28N4OS. The summed E-state index contributed by atoms with van der Waals surface area (Å²) in [5.74, 6) is 1.73. The zero-order valence-electron chi connectivity index (χ0n) is 17.6. The molecule has 3 aromatic rings. The summed E-state index contributed by atoms with van der Waals surface area (Å²) in [5, 5.41) is 4.93. The molecule has 5 rings (SSSR count). The highest BCUT2D eigenvalue weighted by atomic mass is 32.1. The van der Waals surface area contributed by atoms with Crippen molar-refractivity contribution in [1.29, 1.82) is 0 Å². The first-order chi connectivity index (χ1) is 14.7. The normalized spacial score (nSPS) is 18.4. The molecule has 2 aliphatic rings. The molecule has 0 spiro atoms. The maximum absolute atomic E-state index is 5.78. The van der Waals surface area contributed by atoms with Gasteiger partial charge in [0.15, 0.2) is 10.6 Å². The Kier molecular flexibility index (Phi) is 5.21. The standard InChI is InChI=1S/C24H28N4OS/c1-26-23(18-10-14-20(29-2)15-11-18)25-28(24(26)30)16-27(19-12-13-19)22-9-5-7-17-6-3-4-8-21(17)22/h3-4,6,8,10-11,14-15,19,22H,5,7,9,12-13,16H2,1-2H3/t22-/m0/s1. The SMILES string of the molecule is COc1ccc(-c2nn(CN(C3CC3)[C@H]3CCCc4ccccc43)c(=S)n2C)cc1. The summed E-state index contributed by atoms with van der Waals surface area (Å²) in [6, 6.07) is 18.0. The molecule has 0 unspecified atom stereocenters. The van der Waals surface area contributed by atoms with E-state index in [1.54, 1.807) is 7.11 Å². The fourth-order valence-electron chi connectivity index (χ4n) is 4.67. The highest BCUT2D eigenvalue weighted by Crippen LogP contribution is 2.41. The zero-order valence-corrected chi connectivity index (χ0v) is 18.4. The number of rotatable bonds is 6. The van der Waals surface area contributed by atoms with E-state index in [2.05, 4.69) is 29.2 Å². The van der Waals surface area contributed by atoms with Gasteiger partial charge >= 0.3 is 0 Å². The Hall–Kier alpha value is -2.44. The molecule has 1 heterocycles. The smallest absolute Gasteiger partial charge is 0.199 e. The molecule has 156 valence electrons. The molecule has 0 amide bonds. The Labute approximate surface area is 182 Å². The molecule has 30 heavy (non-hydrogen) atoms. The molecular weight excluding hydrogens is 392 g/mol. The van der Waals surface area contributed by atoms with Crippen molar-refractivity contribution in [3.8, 4) is 17.1 Å². The van der Waals surface area contributed by atoms with Gasteiger partial charge in [0.05, 0.1) is 13.8 Å². The average molecular weight is 421 g/mol. The van der Waals surface area contributed by atoms with Crippen LogP contribution in [0.1, 0.15) is 42.9 Å². The lowest BCUT2D eigenvalue weighted by atomic mass is 9.87. The van der Waals surface area contributed by atoms with Gasteiger partial charge in [-0.15, -0.1) is 0 Å². The molecule has 1 atom stereocenters. The number of aryl methyl sites for hydroxylation is 1. The quantitative estimate of drug-likeness (QED) is 0.518. The summed E-state index contributed by atoms with van der Waals surface area (Å²) in [7, 11) is 3.68. The molecule has 0 radical (unpaired) electrons. The number of fused-ring (bicyclic) bond motifs is 1. The summed E-state index contributed by atoms with van der Waals surface area (Å²) in [5.41, 5.74) is 4.04. The first-order valence-corrected chi connectivity index (χ1v) is 11.2.